The molecule has 2 atom stereocenters. The largest absolute Gasteiger partial charge is 0.401 e. The minimum Gasteiger partial charge on any atom is -0.389 e. The van der Waals surface area contributed by atoms with E-state index in [1.807, 2.05) is 0 Å². The van der Waals surface area contributed by atoms with E-state index in [1.165, 1.54) is 4.90 Å². The molecule has 0 unspecified atom stereocenters. The monoisotopic (exact) mass is 434 g/mol. The van der Waals surface area contributed by atoms with Crippen LogP contribution >= 0.6 is 11.6 Å². The second-order valence-electron chi connectivity index (χ2n) is 7.49. The molecule has 4 heterocycles. The highest BCUT2D eigenvalue weighted by Gasteiger charge is 2.34. The summed E-state index contributed by atoms with van der Waals surface area (Å²) >= 11 is 6.23. The Bertz CT molecular complexity index is 856. The maximum atomic E-state index is 12.6. The Morgan fingerprint density at radius 2 is 2.03 bits per heavy atom. The van der Waals surface area contributed by atoms with E-state index in [-0.39, 0.29) is 23.7 Å². The summed E-state index contributed by atoms with van der Waals surface area (Å²) in [5, 5.41) is 17.9. The summed E-state index contributed by atoms with van der Waals surface area (Å²) in [5.74, 6) is 0.902. The first-order valence-electron chi connectivity index (χ1n) is 9.53. The number of aliphatic hydroxyl groups excluding tert-OH is 1. The number of nitrogens with one attached hydrogen (secondary N) is 1. The Balaban J connectivity index is 1.51. The molecule has 0 aromatic carbocycles. The highest BCUT2D eigenvalue weighted by atomic mass is 35.5. The summed E-state index contributed by atoms with van der Waals surface area (Å²) in [6.07, 6.45) is -1.60. The van der Waals surface area contributed by atoms with Gasteiger partial charge in [0.2, 0.25) is 5.95 Å². The Hall–Kier alpha value is -1.69. The first-order chi connectivity index (χ1) is 13.8. The fourth-order valence-corrected chi connectivity index (χ4v) is 4.08. The van der Waals surface area contributed by atoms with E-state index in [1.54, 1.807) is 10.7 Å². The van der Waals surface area contributed by atoms with E-state index in [0.717, 1.165) is 0 Å². The van der Waals surface area contributed by atoms with E-state index in [0.29, 0.717) is 56.2 Å². The number of anilines is 1. The van der Waals surface area contributed by atoms with Gasteiger partial charge in [-0.05, 0) is 32.4 Å². The Labute approximate surface area is 170 Å². The van der Waals surface area contributed by atoms with E-state index < -0.39 is 18.8 Å². The molecule has 0 aliphatic carbocycles. The molecule has 0 amide bonds. The third kappa shape index (κ3) is 4.73. The van der Waals surface area contributed by atoms with Crippen molar-refractivity contribution in [1.29, 1.82) is 0 Å². The highest BCUT2D eigenvalue weighted by molar-refractivity contribution is 6.32. The van der Waals surface area contributed by atoms with Crippen LogP contribution in [0.1, 0.15) is 31.0 Å². The predicted octanol–water partition coefficient (Wildman–Crippen LogP) is 2.08. The number of rotatable bonds is 4. The Morgan fingerprint density at radius 3 is 2.72 bits per heavy atom. The molecule has 2 aromatic rings. The maximum Gasteiger partial charge on any atom is 0.401 e. The SMILES string of the molecule is O[C@@H]1COCC[C@@H]1Nc1ncc2c(Cl)nc(C3CCN(CC(F)(F)F)CC3)n2n1. The molecule has 2 fully saturated rings. The van der Waals surface area contributed by atoms with Crippen molar-refractivity contribution < 1.29 is 23.0 Å². The summed E-state index contributed by atoms with van der Waals surface area (Å²) in [4.78, 5) is 10.1. The van der Waals surface area contributed by atoms with Gasteiger partial charge in [0.1, 0.15) is 11.3 Å². The Kier molecular flexibility index (Phi) is 5.83. The van der Waals surface area contributed by atoms with Crippen LogP contribution in [0.15, 0.2) is 6.20 Å². The standard InChI is InChI=1S/C17H22ClF3N6O2/c18-14-12-7-22-16(23-11-3-6-29-8-13(11)28)25-27(12)15(24-14)10-1-4-26(5-2-10)9-17(19,20)21/h7,10-11,13,28H,1-6,8-9H2,(H,23,25)/t11-,13+/m0/s1. The average Bonchev–Trinajstić information content (AvgIpc) is 2.99. The molecule has 4 rings (SSSR count). The van der Waals surface area contributed by atoms with Crippen molar-refractivity contribution >= 4 is 23.1 Å². The molecule has 12 heteroatoms. The quantitative estimate of drug-likeness (QED) is 0.761. The number of hydrogen-bond acceptors (Lipinski definition) is 7. The maximum absolute atomic E-state index is 12.6. The van der Waals surface area contributed by atoms with Crippen molar-refractivity contribution in [2.45, 2.75) is 43.5 Å². The molecule has 0 radical (unpaired) electrons. The van der Waals surface area contributed by atoms with Crippen molar-refractivity contribution in [3.8, 4) is 0 Å². The van der Waals surface area contributed by atoms with Crippen molar-refractivity contribution in [3.05, 3.63) is 17.2 Å². The van der Waals surface area contributed by atoms with Gasteiger partial charge in [0.25, 0.3) is 0 Å². The van der Waals surface area contributed by atoms with Crippen LogP contribution in [-0.2, 0) is 4.74 Å². The molecule has 2 N–H and O–H groups in total. The number of piperidine rings is 1. The van der Waals surface area contributed by atoms with Crippen LogP contribution in [0.2, 0.25) is 5.15 Å². The number of aromatic nitrogens is 4. The van der Waals surface area contributed by atoms with Gasteiger partial charge in [-0.1, -0.05) is 11.6 Å². The van der Waals surface area contributed by atoms with Crippen molar-refractivity contribution in [1.82, 2.24) is 24.5 Å². The van der Waals surface area contributed by atoms with E-state index >= 15 is 0 Å². The number of likely N-dealkylation sites (tertiary alicyclic amines) is 1. The molecule has 2 aromatic heterocycles. The van der Waals surface area contributed by atoms with Gasteiger partial charge in [-0.2, -0.15) is 13.2 Å². The number of halogens is 4. The Morgan fingerprint density at radius 1 is 1.28 bits per heavy atom. The van der Waals surface area contributed by atoms with Crippen LogP contribution < -0.4 is 5.32 Å². The summed E-state index contributed by atoms with van der Waals surface area (Å²) in [7, 11) is 0. The third-order valence-electron chi connectivity index (χ3n) is 5.37. The number of aliphatic hydroxyl groups is 1. The number of fused-ring (bicyclic) bond motifs is 1. The number of ether oxygens (including phenoxy) is 1. The van der Waals surface area contributed by atoms with Crippen LogP contribution in [0.3, 0.4) is 0 Å². The summed E-state index contributed by atoms with van der Waals surface area (Å²) < 4.78 is 44.7. The molecule has 0 bridgehead atoms. The lowest BCUT2D eigenvalue weighted by Crippen LogP contribution is -2.42. The number of imidazole rings is 1. The average molecular weight is 435 g/mol. The van der Waals surface area contributed by atoms with Gasteiger partial charge in [-0.25, -0.2) is 14.5 Å². The third-order valence-corrected chi connectivity index (χ3v) is 5.65. The van der Waals surface area contributed by atoms with Crippen molar-refractivity contribution in [3.63, 3.8) is 0 Å². The van der Waals surface area contributed by atoms with Gasteiger partial charge < -0.3 is 15.2 Å². The minimum absolute atomic E-state index is 0.0455. The number of nitrogens with zero attached hydrogens (tertiary/aromatic N) is 5. The van der Waals surface area contributed by atoms with Gasteiger partial charge >= 0.3 is 6.18 Å². The summed E-state index contributed by atoms with van der Waals surface area (Å²) in [6, 6.07) is -0.228. The van der Waals surface area contributed by atoms with E-state index in [4.69, 9.17) is 16.3 Å². The van der Waals surface area contributed by atoms with Crippen molar-refractivity contribution in [2.75, 3.05) is 38.2 Å². The minimum atomic E-state index is -4.20. The van der Waals surface area contributed by atoms with Crippen LogP contribution in [0.4, 0.5) is 19.1 Å². The normalized spacial score (nSPS) is 24.9. The van der Waals surface area contributed by atoms with Crippen LogP contribution in [0.25, 0.3) is 5.52 Å². The molecule has 29 heavy (non-hydrogen) atoms. The van der Waals surface area contributed by atoms with Gasteiger partial charge in [-0.3, -0.25) is 4.90 Å². The molecule has 2 aliphatic rings. The topological polar surface area (TPSA) is 87.8 Å². The fraction of sp³-hybridized carbons (Fsp3) is 0.706. The zero-order valence-electron chi connectivity index (χ0n) is 15.6. The lowest BCUT2D eigenvalue weighted by Gasteiger charge is -2.31. The number of alkyl halides is 3. The van der Waals surface area contributed by atoms with Gasteiger partial charge in [0, 0.05) is 12.5 Å². The van der Waals surface area contributed by atoms with Gasteiger partial charge in [0.15, 0.2) is 5.15 Å². The highest BCUT2D eigenvalue weighted by Crippen LogP contribution is 2.31. The molecule has 160 valence electrons. The molecular formula is C17H22ClF3N6O2. The van der Waals surface area contributed by atoms with Crippen LogP contribution in [0, 0.1) is 0 Å². The molecule has 0 spiro atoms. The molecular weight excluding hydrogens is 413 g/mol. The zero-order chi connectivity index (χ0) is 20.6. The summed E-state index contributed by atoms with van der Waals surface area (Å²) in [6.45, 7) is 0.559. The van der Waals surface area contributed by atoms with Crippen LogP contribution in [0.5, 0.6) is 0 Å². The fourth-order valence-electron chi connectivity index (χ4n) is 3.86. The van der Waals surface area contributed by atoms with Gasteiger partial charge in [-0.15, -0.1) is 5.10 Å². The predicted molar refractivity (Wildman–Crippen MR) is 99.1 cm³/mol. The summed E-state index contributed by atoms with van der Waals surface area (Å²) in [5.41, 5.74) is 0.539. The lowest BCUT2D eigenvalue weighted by molar-refractivity contribution is -0.148. The smallest absolute Gasteiger partial charge is 0.389 e. The van der Waals surface area contributed by atoms with E-state index in [9.17, 15) is 18.3 Å². The van der Waals surface area contributed by atoms with Gasteiger partial charge in [0.05, 0.1) is 31.5 Å². The first kappa shape index (κ1) is 20.6. The van der Waals surface area contributed by atoms with Crippen LogP contribution in [-0.4, -0.2) is 80.8 Å². The molecule has 0 saturated carbocycles. The van der Waals surface area contributed by atoms with Crippen molar-refractivity contribution in [2.24, 2.45) is 0 Å². The molecule has 8 nitrogen and oxygen atoms in total. The lowest BCUT2D eigenvalue weighted by atomic mass is 9.96. The zero-order valence-corrected chi connectivity index (χ0v) is 16.3. The molecule has 2 aliphatic heterocycles. The number of hydrogen-bond donors (Lipinski definition) is 2. The molecule has 2 saturated heterocycles. The van der Waals surface area contributed by atoms with E-state index in [2.05, 4.69) is 20.4 Å². The second kappa shape index (κ2) is 8.21. The second-order valence-corrected chi connectivity index (χ2v) is 7.85. The first-order valence-corrected chi connectivity index (χ1v) is 9.90.